The maximum absolute atomic E-state index is 14.8. The summed E-state index contributed by atoms with van der Waals surface area (Å²) in [5.74, 6) is -0.662. The number of thiocyanates is 1. The van der Waals surface area contributed by atoms with Gasteiger partial charge in [0.15, 0.2) is 0 Å². The predicted octanol–water partition coefficient (Wildman–Crippen LogP) is 2.98. The van der Waals surface area contributed by atoms with Crippen LogP contribution in [-0.4, -0.2) is 43.0 Å². The monoisotopic (exact) mass is 404 g/mol. The van der Waals surface area contributed by atoms with E-state index in [0.29, 0.717) is 24.3 Å². The number of cyclic esters (lactones) is 1. The number of amides is 2. The van der Waals surface area contributed by atoms with Gasteiger partial charge in [0.1, 0.15) is 17.3 Å². The fourth-order valence-electron chi connectivity index (χ4n) is 3.35. The molecule has 2 amide bonds. The number of thioether (sulfide) groups is 1. The minimum atomic E-state index is -0.568. The lowest BCUT2D eigenvalue weighted by Crippen LogP contribution is -2.33. The Hall–Kier alpha value is -2.73. The number of nitrogens with zero attached hydrogens (tertiary/aromatic N) is 3. The maximum atomic E-state index is 14.8. The van der Waals surface area contributed by atoms with Crippen molar-refractivity contribution in [3.63, 3.8) is 0 Å². The molecule has 0 radical (unpaired) electrons. The van der Waals surface area contributed by atoms with Crippen molar-refractivity contribution in [3.05, 3.63) is 36.3 Å². The van der Waals surface area contributed by atoms with Crippen LogP contribution < -0.4 is 15.1 Å². The van der Waals surface area contributed by atoms with Gasteiger partial charge >= 0.3 is 6.09 Å². The molecular formula is C19H21FN4O3S. The smallest absolute Gasteiger partial charge is 0.414 e. The van der Waals surface area contributed by atoms with Crippen LogP contribution in [0.5, 0.6) is 0 Å². The number of halogens is 1. The van der Waals surface area contributed by atoms with Crippen molar-refractivity contribution in [1.29, 1.82) is 5.26 Å². The van der Waals surface area contributed by atoms with Gasteiger partial charge in [-0.1, -0.05) is 6.58 Å². The molecule has 1 N–H and O–H groups in total. The third-order valence-corrected chi connectivity index (χ3v) is 5.57. The predicted molar refractivity (Wildman–Crippen MR) is 105 cm³/mol. The van der Waals surface area contributed by atoms with E-state index in [-0.39, 0.29) is 24.2 Å². The number of benzene rings is 1. The molecule has 3 rings (SSSR count). The Balaban J connectivity index is 1.69. The zero-order valence-corrected chi connectivity index (χ0v) is 16.3. The zero-order chi connectivity index (χ0) is 20.3. The molecule has 2 atom stereocenters. The van der Waals surface area contributed by atoms with Gasteiger partial charge in [0.25, 0.3) is 0 Å². The third kappa shape index (κ3) is 4.39. The number of anilines is 2. The van der Waals surface area contributed by atoms with Crippen LogP contribution >= 0.6 is 11.8 Å². The molecule has 7 nitrogen and oxygen atoms in total. The second-order valence-electron chi connectivity index (χ2n) is 6.73. The van der Waals surface area contributed by atoms with Crippen molar-refractivity contribution in [1.82, 2.24) is 5.32 Å². The highest BCUT2D eigenvalue weighted by Crippen LogP contribution is 2.35. The second-order valence-corrected chi connectivity index (χ2v) is 7.82. The molecule has 2 heterocycles. The molecule has 148 valence electrons. The van der Waals surface area contributed by atoms with Gasteiger partial charge < -0.3 is 15.0 Å². The first-order chi connectivity index (χ1) is 13.4. The van der Waals surface area contributed by atoms with Gasteiger partial charge in [-0.25, -0.2) is 9.18 Å². The first-order valence-corrected chi connectivity index (χ1v) is 9.79. The Bertz CT molecular complexity index is 841. The molecule has 2 saturated heterocycles. The number of ether oxygens (including phenoxy) is 1. The molecule has 0 spiro atoms. The van der Waals surface area contributed by atoms with Gasteiger partial charge in [0.05, 0.1) is 24.5 Å². The van der Waals surface area contributed by atoms with Crippen LogP contribution in [0, 0.1) is 16.5 Å². The van der Waals surface area contributed by atoms with Crippen molar-refractivity contribution >= 4 is 35.1 Å². The van der Waals surface area contributed by atoms with Crippen LogP contribution in [-0.2, 0) is 9.53 Å². The average Bonchev–Trinajstić information content (AvgIpc) is 3.02. The fraction of sp³-hybridized carbons (Fsp3) is 0.421. The molecule has 0 aromatic heterocycles. The summed E-state index contributed by atoms with van der Waals surface area (Å²) in [5, 5.41) is 13.7. The van der Waals surface area contributed by atoms with Crippen LogP contribution in [0.3, 0.4) is 0 Å². The average molecular weight is 404 g/mol. The number of carbonyl (C=O) groups excluding carboxylic acids is 2. The van der Waals surface area contributed by atoms with Crippen molar-refractivity contribution in [2.24, 2.45) is 0 Å². The Morgan fingerprint density at radius 1 is 1.50 bits per heavy atom. The largest absolute Gasteiger partial charge is 0.442 e. The molecule has 1 aromatic carbocycles. The lowest BCUT2D eigenvalue weighted by atomic mass is 10.1. The second kappa shape index (κ2) is 8.52. The number of nitriles is 1. The molecule has 2 unspecified atom stereocenters. The highest BCUT2D eigenvalue weighted by Gasteiger charge is 2.33. The maximum Gasteiger partial charge on any atom is 0.414 e. The summed E-state index contributed by atoms with van der Waals surface area (Å²) in [6.07, 6.45) is 0.349. The molecule has 28 heavy (non-hydrogen) atoms. The highest BCUT2D eigenvalue weighted by atomic mass is 32.2. The Labute approximate surface area is 167 Å². The van der Waals surface area contributed by atoms with Crippen molar-refractivity contribution in [3.8, 4) is 5.40 Å². The van der Waals surface area contributed by atoms with Gasteiger partial charge in [-0.05, 0) is 36.4 Å². The lowest BCUT2D eigenvalue weighted by molar-refractivity contribution is -0.119. The normalized spacial score (nSPS) is 22.0. The highest BCUT2D eigenvalue weighted by molar-refractivity contribution is 8.04. The van der Waals surface area contributed by atoms with Crippen LogP contribution in [0.4, 0.5) is 20.6 Å². The molecule has 0 bridgehead atoms. The Morgan fingerprint density at radius 3 is 2.93 bits per heavy atom. The van der Waals surface area contributed by atoms with Gasteiger partial charge in [-0.15, -0.1) is 0 Å². The number of hydrogen-bond acceptors (Lipinski definition) is 6. The standard InChI is InChI=1S/C19H21FN4O3S/c1-12-7-16(28-11-21)5-6-23(12)18-4-3-14(8-17(18)20)24-10-15(27-19(24)26)9-22-13(2)25/h3-4,8,15-16H,1,5-7,9-10H2,2H3,(H,22,25). The first-order valence-electron chi connectivity index (χ1n) is 8.91. The summed E-state index contributed by atoms with van der Waals surface area (Å²) in [7, 11) is 0. The van der Waals surface area contributed by atoms with Crippen molar-refractivity contribution in [2.75, 3.05) is 29.4 Å². The quantitative estimate of drug-likeness (QED) is 0.760. The Morgan fingerprint density at radius 2 is 2.29 bits per heavy atom. The molecule has 2 aliphatic heterocycles. The van der Waals surface area contributed by atoms with Gasteiger partial charge in [0, 0.05) is 30.8 Å². The number of allylic oxidation sites excluding steroid dienone is 1. The molecule has 0 saturated carbocycles. The molecule has 9 heteroatoms. The van der Waals surface area contributed by atoms with Gasteiger partial charge in [0.2, 0.25) is 5.91 Å². The Kier molecular flexibility index (Phi) is 6.09. The summed E-state index contributed by atoms with van der Waals surface area (Å²) in [4.78, 5) is 26.3. The minimum absolute atomic E-state index is 0.177. The first kappa shape index (κ1) is 20.0. The number of piperidine rings is 1. The summed E-state index contributed by atoms with van der Waals surface area (Å²) in [6.45, 7) is 6.44. The zero-order valence-electron chi connectivity index (χ0n) is 15.5. The van der Waals surface area contributed by atoms with E-state index in [4.69, 9.17) is 10.00 Å². The van der Waals surface area contributed by atoms with Crippen LogP contribution in [0.25, 0.3) is 0 Å². The molecule has 1 aromatic rings. The summed E-state index contributed by atoms with van der Waals surface area (Å²) < 4.78 is 20.0. The van der Waals surface area contributed by atoms with E-state index >= 15 is 0 Å². The number of carbonyl (C=O) groups is 2. The number of rotatable bonds is 5. The fourth-order valence-corrected chi connectivity index (χ4v) is 4.00. The molecule has 0 aliphatic carbocycles. The van der Waals surface area contributed by atoms with E-state index in [1.165, 1.54) is 29.7 Å². The number of hydrogen-bond donors (Lipinski definition) is 1. The van der Waals surface area contributed by atoms with Crippen molar-refractivity contribution in [2.45, 2.75) is 31.1 Å². The SMILES string of the molecule is C=C1CC(SC#N)CCN1c1ccc(N2CC(CNC(C)=O)OC2=O)cc1F. The molecular weight excluding hydrogens is 383 g/mol. The topological polar surface area (TPSA) is 85.7 Å². The van der Waals surface area contributed by atoms with Crippen molar-refractivity contribution < 1.29 is 18.7 Å². The molecule has 2 fully saturated rings. The minimum Gasteiger partial charge on any atom is -0.442 e. The van der Waals surface area contributed by atoms with E-state index in [1.54, 1.807) is 12.1 Å². The van der Waals surface area contributed by atoms with Crippen LogP contribution in [0.1, 0.15) is 19.8 Å². The summed E-state index contributed by atoms with van der Waals surface area (Å²) in [6, 6.07) is 4.60. The van der Waals surface area contributed by atoms with Gasteiger partial charge in [-0.3, -0.25) is 9.69 Å². The lowest BCUT2D eigenvalue weighted by Gasteiger charge is -2.34. The van der Waals surface area contributed by atoms with E-state index in [0.717, 1.165) is 12.1 Å². The van der Waals surface area contributed by atoms with Gasteiger partial charge in [-0.2, -0.15) is 5.26 Å². The van der Waals surface area contributed by atoms with E-state index in [9.17, 15) is 14.0 Å². The summed E-state index contributed by atoms with van der Waals surface area (Å²) >= 11 is 1.22. The van der Waals surface area contributed by atoms with E-state index in [2.05, 4.69) is 17.3 Å². The number of nitrogens with one attached hydrogen (secondary N) is 1. The summed E-state index contributed by atoms with van der Waals surface area (Å²) in [5.41, 5.74) is 1.57. The van der Waals surface area contributed by atoms with E-state index in [1.807, 2.05) is 4.90 Å². The van der Waals surface area contributed by atoms with Crippen LogP contribution in [0.15, 0.2) is 30.5 Å². The molecule has 2 aliphatic rings. The van der Waals surface area contributed by atoms with E-state index < -0.39 is 18.0 Å². The third-order valence-electron chi connectivity index (χ3n) is 4.73. The van der Waals surface area contributed by atoms with Crippen LogP contribution in [0.2, 0.25) is 0 Å².